The summed E-state index contributed by atoms with van der Waals surface area (Å²) in [5.74, 6) is 0.811. The van der Waals surface area contributed by atoms with Gasteiger partial charge in [0.1, 0.15) is 0 Å². The molecule has 1 aliphatic rings. The van der Waals surface area contributed by atoms with E-state index in [4.69, 9.17) is 5.73 Å². The van der Waals surface area contributed by atoms with Gasteiger partial charge < -0.3 is 5.73 Å². The van der Waals surface area contributed by atoms with Gasteiger partial charge in [-0.3, -0.25) is 4.90 Å². The van der Waals surface area contributed by atoms with Crippen LogP contribution in [-0.2, 0) is 0 Å². The van der Waals surface area contributed by atoms with Crippen LogP contribution in [0.25, 0.3) is 0 Å². The summed E-state index contributed by atoms with van der Waals surface area (Å²) in [6, 6.07) is 0.994. The number of hydrogen-bond donors (Lipinski definition) is 1. The van der Waals surface area contributed by atoms with E-state index in [9.17, 15) is 0 Å². The second-order valence-electron chi connectivity index (χ2n) is 4.77. The van der Waals surface area contributed by atoms with Gasteiger partial charge in [0.25, 0.3) is 0 Å². The van der Waals surface area contributed by atoms with Crippen molar-refractivity contribution in [2.24, 2.45) is 11.7 Å². The van der Waals surface area contributed by atoms with Gasteiger partial charge in [-0.15, -0.1) is 0 Å². The molecule has 0 aromatic heterocycles. The van der Waals surface area contributed by atoms with Crippen molar-refractivity contribution in [3.8, 4) is 0 Å². The Bertz CT molecular complexity index is 145. The monoisotopic (exact) mass is 184 g/mol. The summed E-state index contributed by atoms with van der Waals surface area (Å²) in [4.78, 5) is 2.55. The minimum atomic E-state index is 0.404. The molecule has 0 spiro atoms. The van der Waals surface area contributed by atoms with Gasteiger partial charge in [0, 0.05) is 12.1 Å². The predicted molar refractivity (Wildman–Crippen MR) is 57.7 cm³/mol. The van der Waals surface area contributed by atoms with Crippen LogP contribution in [0.2, 0.25) is 0 Å². The third-order valence-electron chi connectivity index (χ3n) is 3.17. The molecule has 1 aliphatic heterocycles. The van der Waals surface area contributed by atoms with Crippen LogP contribution in [-0.4, -0.2) is 30.1 Å². The number of nitrogens with two attached hydrogens (primary N) is 1. The zero-order valence-electron chi connectivity index (χ0n) is 9.29. The summed E-state index contributed by atoms with van der Waals surface area (Å²) in [5, 5.41) is 0. The lowest BCUT2D eigenvalue weighted by molar-refractivity contribution is 0.134. The van der Waals surface area contributed by atoms with Crippen LogP contribution in [0.4, 0.5) is 0 Å². The van der Waals surface area contributed by atoms with E-state index in [-0.39, 0.29) is 0 Å². The topological polar surface area (TPSA) is 29.3 Å². The molecule has 2 heteroatoms. The van der Waals surface area contributed by atoms with Crippen molar-refractivity contribution in [2.45, 2.75) is 52.1 Å². The Kier molecular flexibility index (Phi) is 4.20. The Balaban J connectivity index is 2.31. The number of rotatable bonds is 3. The average molecular weight is 184 g/mol. The molecule has 2 N–H and O–H groups in total. The van der Waals surface area contributed by atoms with E-state index >= 15 is 0 Å². The normalized spacial score (nSPS) is 31.2. The molecule has 1 rings (SSSR count). The molecule has 78 valence electrons. The first-order valence-electron chi connectivity index (χ1n) is 5.61. The van der Waals surface area contributed by atoms with E-state index in [0.717, 1.165) is 5.92 Å². The third kappa shape index (κ3) is 3.28. The summed E-state index contributed by atoms with van der Waals surface area (Å²) < 4.78 is 0. The number of hydrogen-bond acceptors (Lipinski definition) is 2. The molecule has 2 atom stereocenters. The molecule has 0 aromatic carbocycles. The van der Waals surface area contributed by atoms with Crippen LogP contribution >= 0.6 is 0 Å². The molecule has 0 aromatic rings. The van der Waals surface area contributed by atoms with Crippen molar-refractivity contribution < 1.29 is 0 Å². The summed E-state index contributed by atoms with van der Waals surface area (Å²) in [6.07, 6.45) is 3.79. The average Bonchev–Trinajstić information content (AvgIpc) is 2.07. The predicted octanol–water partition coefficient (Wildman–Crippen LogP) is 1.84. The lowest BCUT2D eigenvalue weighted by Gasteiger charge is -2.38. The molecule has 0 aliphatic carbocycles. The Morgan fingerprint density at radius 1 is 1.46 bits per heavy atom. The maximum atomic E-state index is 6.03. The minimum Gasteiger partial charge on any atom is -0.326 e. The highest BCUT2D eigenvalue weighted by molar-refractivity contribution is 4.83. The van der Waals surface area contributed by atoms with Crippen molar-refractivity contribution in [3.05, 3.63) is 0 Å². The summed E-state index contributed by atoms with van der Waals surface area (Å²) in [5.41, 5.74) is 6.03. The van der Waals surface area contributed by atoms with Crippen LogP contribution in [0, 0.1) is 5.92 Å². The SMILES string of the molecule is CC(C)CCN1CCCC(N)C1C. The second-order valence-corrected chi connectivity index (χ2v) is 4.77. The molecule has 1 saturated heterocycles. The molecule has 0 saturated carbocycles. The first-order valence-corrected chi connectivity index (χ1v) is 5.61. The Morgan fingerprint density at radius 2 is 2.15 bits per heavy atom. The van der Waals surface area contributed by atoms with E-state index < -0.39 is 0 Å². The molecular formula is C11H24N2. The van der Waals surface area contributed by atoms with Gasteiger partial charge in [-0.05, 0) is 45.2 Å². The fraction of sp³-hybridized carbons (Fsp3) is 1.00. The molecular weight excluding hydrogens is 160 g/mol. The van der Waals surface area contributed by atoms with Crippen molar-refractivity contribution in [1.29, 1.82) is 0 Å². The fourth-order valence-electron chi connectivity index (χ4n) is 1.99. The molecule has 13 heavy (non-hydrogen) atoms. The van der Waals surface area contributed by atoms with E-state index in [1.165, 1.54) is 32.4 Å². The fourth-order valence-corrected chi connectivity index (χ4v) is 1.99. The summed E-state index contributed by atoms with van der Waals surface area (Å²) in [7, 11) is 0. The molecule has 2 nitrogen and oxygen atoms in total. The molecule has 0 bridgehead atoms. The van der Waals surface area contributed by atoms with E-state index in [0.29, 0.717) is 12.1 Å². The number of nitrogens with zero attached hydrogens (tertiary/aromatic N) is 1. The van der Waals surface area contributed by atoms with E-state index in [2.05, 4.69) is 25.7 Å². The molecule has 0 amide bonds. The van der Waals surface area contributed by atoms with E-state index in [1.54, 1.807) is 0 Å². The minimum absolute atomic E-state index is 0.404. The maximum absolute atomic E-state index is 6.03. The molecule has 1 heterocycles. The summed E-state index contributed by atoms with van der Waals surface area (Å²) >= 11 is 0. The maximum Gasteiger partial charge on any atom is 0.0218 e. The molecule has 1 fully saturated rings. The molecule has 2 unspecified atom stereocenters. The van der Waals surface area contributed by atoms with Gasteiger partial charge >= 0.3 is 0 Å². The van der Waals surface area contributed by atoms with Gasteiger partial charge in [-0.1, -0.05) is 13.8 Å². The Hall–Kier alpha value is -0.0800. The quantitative estimate of drug-likeness (QED) is 0.725. The smallest absolute Gasteiger partial charge is 0.0218 e. The Labute approximate surface area is 82.5 Å². The van der Waals surface area contributed by atoms with Gasteiger partial charge in [0.15, 0.2) is 0 Å². The zero-order chi connectivity index (χ0) is 9.84. The van der Waals surface area contributed by atoms with Crippen LogP contribution in [0.3, 0.4) is 0 Å². The third-order valence-corrected chi connectivity index (χ3v) is 3.17. The first kappa shape index (κ1) is 11.0. The van der Waals surface area contributed by atoms with Crippen molar-refractivity contribution in [1.82, 2.24) is 4.90 Å². The van der Waals surface area contributed by atoms with Gasteiger partial charge in [-0.25, -0.2) is 0 Å². The van der Waals surface area contributed by atoms with Crippen LogP contribution in [0.15, 0.2) is 0 Å². The highest BCUT2D eigenvalue weighted by Crippen LogP contribution is 2.16. The van der Waals surface area contributed by atoms with Gasteiger partial charge in [0.05, 0.1) is 0 Å². The number of likely N-dealkylation sites (tertiary alicyclic amines) is 1. The lowest BCUT2D eigenvalue weighted by atomic mass is 9.97. The highest BCUT2D eigenvalue weighted by atomic mass is 15.2. The lowest BCUT2D eigenvalue weighted by Crippen LogP contribution is -2.50. The largest absolute Gasteiger partial charge is 0.326 e. The standard InChI is InChI=1S/C11H24N2/c1-9(2)6-8-13-7-4-5-11(12)10(13)3/h9-11H,4-8,12H2,1-3H3. The summed E-state index contributed by atoms with van der Waals surface area (Å²) in [6.45, 7) is 9.32. The van der Waals surface area contributed by atoms with Crippen LogP contribution in [0.1, 0.15) is 40.0 Å². The number of piperidine rings is 1. The first-order chi connectivity index (χ1) is 6.11. The van der Waals surface area contributed by atoms with Crippen molar-refractivity contribution in [3.63, 3.8) is 0 Å². The Morgan fingerprint density at radius 3 is 2.77 bits per heavy atom. The van der Waals surface area contributed by atoms with Crippen molar-refractivity contribution in [2.75, 3.05) is 13.1 Å². The second kappa shape index (κ2) is 4.97. The van der Waals surface area contributed by atoms with Gasteiger partial charge in [-0.2, -0.15) is 0 Å². The van der Waals surface area contributed by atoms with Gasteiger partial charge in [0.2, 0.25) is 0 Å². The van der Waals surface area contributed by atoms with E-state index in [1.807, 2.05) is 0 Å². The zero-order valence-corrected chi connectivity index (χ0v) is 9.29. The van der Waals surface area contributed by atoms with Crippen LogP contribution in [0.5, 0.6) is 0 Å². The van der Waals surface area contributed by atoms with Crippen molar-refractivity contribution >= 4 is 0 Å². The highest BCUT2D eigenvalue weighted by Gasteiger charge is 2.24. The molecule has 0 radical (unpaired) electrons. The van der Waals surface area contributed by atoms with Crippen LogP contribution < -0.4 is 5.73 Å².